The summed E-state index contributed by atoms with van der Waals surface area (Å²) in [5.41, 5.74) is 4.15. The monoisotopic (exact) mass is 348 g/mol. The van der Waals surface area contributed by atoms with Crippen molar-refractivity contribution in [3.63, 3.8) is 0 Å². The van der Waals surface area contributed by atoms with Gasteiger partial charge < -0.3 is 5.32 Å². The van der Waals surface area contributed by atoms with Gasteiger partial charge in [0.2, 0.25) is 5.91 Å². The van der Waals surface area contributed by atoms with Crippen molar-refractivity contribution in [3.8, 4) is 11.1 Å². The molecule has 0 bridgehead atoms. The Hall–Kier alpha value is -2.86. The number of nitrogens with one attached hydrogen (secondary N) is 1. The van der Waals surface area contributed by atoms with Crippen molar-refractivity contribution in [1.82, 2.24) is 10.3 Å². The zero-order valence-corrected chi connectivity index (χ0v) is 14.3. The molecule has 6 heteroatoms. The third-order valence-electron chi connectivity index (χ3n) is 3.95. The molecule has 25 heavy (non-hydrogen) atoms. The molecule has 4 rings (SSSR count). The molecule has 0 fully saturated rings. The summed E-state index contributed by atoms with van der Waals surface area (Å²) in [4.78, 5) is 16.7. The van der Waals surface area contributed by atoms with Gasteiger partial charge in [-0.3, -0.25) is 4.79 Å². The third kappa shape index (κ3) is 3.64. The Bertz CT molecular complexity index is 976. The Morgan fingerprint density at radius 3 is 2.80 bits per heavy atom. The minimum Gasteiger partial charge on any atom is -0.350 e. The first-order valence-electron chi connectivity index (χ1n) is 8.07. The lowest BCUT2D eigenvalue weighted by Crippen LogP contribution is -2.30. The van der Waals surface area contributed by atoms with Crippen molar-refractivity contribution in [1.29, 1.82) is 0 Å². The Labute approximate surface area is 149 Å². The van der Waals surface area contributed by atoms with Gasteiger partial charge in [-0.15, -0.1) is 11.3 Å². The molecule has 5 nitrogen and oxygen atoms in total. The molecular formula is C19H16N4OS. The SMILES string of the molecule is O=C(Cc1nc2ccc(-c3ccccc3)cc2s1)NCC1=NN=CC1. The smallest absolute Gasteiger partial charge is 0.227 e. The van der Waals surface area contributed by atoms with Gasteiger partial charge >= 0.3 is 0 Å². The highest BCUT2D eigenvalue weighted by atomic mass is 32.1. The van der Waals surface area contributed by atoms with Gasteiger partial charge in [-0.25, -0.2) is 4.98 Å². The summed E-state index contributed by atoms with van der Waals surface area (Å²) in [6.07, 6.45) is 2.73. The molecule has 124 valence electrons. The fourth-order valence-electron chi connectivity index (χ4n) is 2.68. The zero-order chi connectivity index (χ0) is 17.1. The van der Waals surface area contributed by atoms with Crippen molar-refractivity contribution in [2.45, 2.75) is 12.8 Å². The Morgan fingerprint density at radius 2 is 2.00 bits per heavy atom. The maximum atomic E-state index is 12.1. The molecule has 0 saturated carbocycles. The molecular weight excluding hydrogens is 332 g/mol. The van der Waals surface area contributed by atoms with Crippen molar-refractivity contribution >= 4 is 39.4 Å². The second-order valence-electron chi connectivity index (χ2n) is 5.78. The summed E-state index contributed by atoms with van der Waals surface area (Å²) in [6.45, 7) is 0.446. The number of fused-ring (bicyclic) bond motifs is 1. The fraction of sp³-hybridized carbons (Fsp3) is 0.158. The van der Waals surface area contributed by atoms with Crippen LogP contribution in [0.4, 0.5) is 0 Å². The van der Waals surface area contributed by atoms with Crippen molar-refractivity contribution in [3.05, 3.63) is 53.5 Å². The van der Waals surface area contributed by atoms with Crippen LogP contribution in [0, 0.1) is 0 Å². The quantitative estimate of drug-likeness (QED) is 0.767. The van der Waals surface area contributed by atoms with E-state index in [9.17, 15) is 4.79 Å². The molecule has 2 aromatic carbocycles. The maximum Gasteiger partial charge on any atom is 0.227 e. The van der Waals surface area contributed by atoms with Gasteiger partial charge in [-0.1, -0.05) is 36.4 Å². The lowest BCUT2D eigenvalue weighted by atomic mass is 10.1. The molecule has 1 aliphatic rings. The summed E-state index contributed by atoms with van der Waals surface area (Å²) in [5, 5.41) is 11.4. The molecule has 0 unspecified atom stereocenters. The van der Waals surface area contributed by atoms with Crippen LogP contribution in [0.2, 0.25) is 0 Å². The highest BCUT2D eigenvalue weighted by Gasteiger charge is 2.11. The van der Waals surface area contributed by atoms with Gasteiger partial charge in [-0.2, -0.15) is 10.2 Å². The molecule has 1 aromatic heterocycles. The van der Waals surface area contributed by atoms with Crippen LogP contribution in [-0.4, -0.2) is 29.4 Å². The number of rotatable bonds is 5. The van der Waals surface area contributed by atoms with Gasteiger partial charge in [0.15, 0.2) is 0 Å². The van der Waals surface area contributed by atoms with E-state index < -0.39 is 0 Å². The lowest BCUT2D eigenvalue weighted by molar-refractivity contribution is -0.120. The number of nitrogens with zero attached hydrogens (tertiary/aromatic N) is 3. The molecule has 0 radical (unpaired) electrons. The first kappa shape index (κ1) is 15.7. The summed E-state index contributed by atoms with van der Waals surface area (Å²) in [7, 11) is 0. The van der Waals surface area contributed by atoms with Gasteiger partial charge in [0.1, 0.15) is 5.01 Å². The number of amides is 1. The fourth-order valence-corrected chi connectivity index (χ4v) is 3.68. The topological polar surface area (TPSA) is 66.7 Å². The van der Waals surface area contributed by atoms with Crippen LogP contribution in [0.3, 0.4) is 0 Å². The normalized spacial score (nSPS) is 13.2. The second kappa shape index (κ2) is 6.94. The number of carbonyl (C=O) groups excluding carboxylic acids is 1. The van der Waals surface area contributed by atoms with Gasteiger partial charge in [0.25, 0.3) is 0 Å². The van der Waals surface area contributed by atoms with Crippen molar-refractivity contribution < 1.29 is 4.79 Å². The van der Waals surface area contributed by atoms with E-state index in [-0.39, 0.29) is 12.3 Å². The average Bonchev–Trinajstić information content (AvgIpc) is 3.29. The number of hydrogen-bond donors (Lipinski definition) is 1. The minimum atomic E-state index is -0.0445. The van der Waals surface area contributed by atoms with E-state index in [4.69, 9.17) is 0 Å². The second-order valence-corrected chi connectivity index (χ2v) is 6.89. The molecule has 1 N–H and O–H groups in total. The van der Waals surface area contributed by atoms with Crippen LogP contribution in [-0.2, 0) is 11.2 Å². The van der Waals surface area contributed by atoms with E-state index in [1.807, 2.05) is 24.3 Å². The maximum absolute atomic E-state index is 12.1. The largest absolute Gasteiger partial charge is 0.350 e. The number of benzene rings is 2. The van der Waals surface area contributed by atoms with Crippen LogP contribution in [0.5, 0.6) is 0 Å². The van der Waals surface area contributed by atoms with Crippen LogP contribution < -0.4 is 5.32 Å². The Morgan fingerprint density at radius 1 is 1.12 bits per heavy atom. The summed E-state index contributed by atoms with van der Waals surface area (Å²) in [6, 6.07) is 16.5. The third-order valence-corrected chi connectivity index (χ3v) is 4.97. The Kier molecular flexibility index (Phi) is 4.35. The van der Waals surface area contributed by atoms with E-state index in [0.717, 1.165) is 26.5 Å². The van der Waals surface area contributed by atoms with Crippen molar-refractivity contribution in [2.75, 3.05) is 6.54 Å². The molecule has 0 aliphatic carbocycles. The zero-order valence-electron chi connectivity index (χ0n) is 13.5. The van der Waals surface area contributed by atoms with Crippen LogP contribution in [0.25, 0.3) is 21.3 Å². The van der Waals surface area contributed by atoms with E-state index in [0.29, 0.717) is 13.0 Å². The molecule has 3 aromatic rings. The van der Waals surface area contributed by atoms with E-state index in [2.05, 4.69) is 44.8 Å². The number of hydrogen-bond acceptors (Lipinski definition) is 5. The minimum absolute atomic E-state index is 0.0445. The lowest BCUT2D eigenvalue weighted by Gasteiger charge is -2.02. The highest BCUT2D eigenvalue weighted by molar-refractivity contribution is 7.18. The van der Waals surface area contributed by atoms with E-state index in [1.54, 1.807) is 17.6 Å². The highest BCUT2D eigenvalue weighted by Crippen LogP contribution is 2.28. The summed E-state index contributed by atoms with van der Waals surface area (Å²) >= 11 is 1.57. The van der Waals surface area contributed by atoms with E-state index >= 15 is 0 Å². The summed E-state index contributed by atoms with van der Waals surface area (Å²) in [5.74, 6) is -0.0445. The molecule has 0 spiro atoms. The number of thiazole rings is 1. The average molecular weight is 348 g/mol. The van der Waals surface area contributed by atoms with Gasteiger partial charge in [0.05, 0.1) is 28.9 Å². The van der Waals surface area contributed by atoms with Gasteiger partial charge in [-0.05, 0) is 23.3 Å². The molecule has 1 amide bonds. The molecule has 1 aliphatic heterocycles. The predicted molar refractivity (Wildman–Crippen MR) is 102 cm³/mol. The Balaban J connectivity index is 1.46. The van der Waals surface area contributed by atoms with E-state index in [1.165, 1.54) is 5.56 Å². The van der Waals surface area contributed by atoms with Gasteiger partial charge in [0, 0.05) is 12.6 Å². The van der Waals surface area contributed by atoms with Crippen molar-refractivity contribution in [2.24, 2.45) is 10.2 Å². The first-order chi connectivity index (χ1) is 12.3. The summed E-state index contributed by atoms with van der Waals surface area (Å²) < 4.78 is 1.10. The van der Waals surface area contributed by atoms with Crippen LogP contribution >= 0.6 is 11.3 Å². The first-order valence-corrected chi connectivity index (χ1v) is 8.88. The number of aromatic nitrogens is 1. The molecule has 2 heterocycles. The van der Waals surface area contributed by atoms with Crippen LogP contribution in [0.15, 0.2) is 58.7 Å². The molecule has 0 saturated heterocycles. The number of carbonyl (C=O) groups is 1. The van der Waals surface area contributed by atoms with Crippen LogP contribution in [0.1, 0.15) is 11.4 Å². The standard InChI is InChI=1S/C19H16N4OS/c24-18(20-12-15-8-9-21-23-15)11-19-22-16-7-6-14(10-17(16)25-19)13-4-2-1-3-5-13/h1-7,9-10H,8,11-12H2,(H,20,24). The predicted octanol–water partition coefficient (Wildman–Crippen LogP) is 3.45. The molecule has 0 atom stereocenters.